The Bertz CT molecular complexity index is 799. The molecule has 0 aliphatic carbocycles. The lowest BCUT2D eigenvalue weighted by Gasteiger charge is -2.22. The number of carbonyl (C=O) groups excluding carboxylic acids is 1. The molecule has 1 amide bonds. The lowest BCUT2D eigenvalue weighted by atomic mass is 10.2. The van der Waals surface area contributed by atoms with Crippen LogP contribution in [0.4, 0.5) is 5.82 Å². The average Bonchev–Trinajstić information content (AvgIpc) is 3.23. The van der Waals surface area contributed by atoms with Crippen molar-refractivity contribution >= 4 is 11.7 Å². The van der Waals surface area contributed by atoms with Gasteiger partial charge in [-0.25, -0.2) is 15.0 Å². The molecule has 0 aromatic carbocycles. The zero-order valence-electron chi connectivity index (χ0n) is 16.2. The summed E-state index contributed by atoms with van der Waals surface area (Å²) in [6.45, 7) is 6.47. The summed E-state index contributed by atoms with van der Waals surface area (Å²) in [6, 6.07) is 0.375. The summed E-state index contributed by atoms with van der Waals surface area (Å²) in [5, 5.41) is 3.56. The smallest absolute Gasteiger partial charge is 0.291 e. The number of hydrogen-bond donors (Lipinski definition) is 1. The zero-order chi connectivity index (χ0) is 18.8. The topological polar surface area (TPSA) is 79.2 Å². The Morgan fingerprint density at radius 1 is 1.35 bits per heavy atom. The monoisotopic (exact) mass is 357 g/mol. The summed E-state index contributed by atoms with van der Waals surface area (Å²) < 4.78 is 1.95. The highest BCUT2D eigenvalue weighted by molar-refractivity contribution is 5.90. The van der Waals surface area contributed by atoms with Crippen molar-refractivity contribution < 1.29 is 4.79 Å². The molecule has 3 rings (SSSR count). The van der Waals surface area contributed by atoms with E-state index in [9.17, 15) is 4.79 Å². The van der Waals surface area contributed by atoms with E-state index in [1.165, 1.54) is 4.90 Å². The molecule has 0 spiro atoms. The molecule has 8 heteroatoms. The number of aryl methyl sites for hydroxylation is 2. The molecular weight excluding hydrogens is 330 g/mol. The number of rotatable bonds is 5. The van der Waals surface area contributed by atoms with Crippen molar-refractivity contribution in [2.24, 2.45) is 7.05 Å². The van der Waals surface area contributed by atoms with Gasteiger partial charge in [-0.1, -0.05) is 0 Å². The summed E-state index contributed by atoms with van der Waals surface area (Å²) in [7, 11) is 5.41. The number of carbonyl (C=O) groups is 1. The first-order valence-corrected chi connectivity index (χ1v) is 8.87. The van der Waals surface area contributed by atoms with Crippen LogP contribution in [0.5, 0.6) is 0 Å². The van der Waals surface area contributed by atoms with Crippen LogP contribution in [0.2, 0.25) is 0 Å². The maximum atomic E-state index is 12.3. The van der Waals surface area contributed by atoms with E-state index >= 15 is 0 Å². The summed E-state index contributed by atoms with van der Waals surface area (Å²) >= 11 is 0. The number of nitrogens with zero attached hydrogens (tertiary/aromatic N) is 6. The molecule has 1 fully saturated rings. The van der Waals surface area contributed by atoms with Gasteiger partial charge in [0.05, 0.1) is 12.0 Å². The number of amides is 1. The molecule has 0 saturated carbocycles. The average molecular weight is 357 g/mol. The fraction of sp³-hybridized carbons (Fsp3) is 0.556. The van der Waals surface area contributed by atoms with Gasteiger partial charge in [-0.05, 0) is 20.3 Å². The third kappa shape index (κ3) is 3.85. The van der Waals surface area contributed by atoms with E-state index in [1.807, 2.05) is 38.0 Å². The second-order valence-electron chi connectivity index (χ2n) is 7.12. The summed E-state index contributed by atoms with van der Waals surface area (Å²) in [6.07, 6.45) is 4.87. The molecule has 26 heavy (non-hydrogen) atoms. The van der Waals surface area contributed by atoms with E-state index in [-0.39, 0.29) is 11.7 Å². The Morgan fingerprint density at radius 2 is 2.12 bits per heavy atom. The molecule has 2 aromatic rings. The molecule has 1 aliphatic heterocycles. The van der Waals surface area contributed by atoms with Crippen LogP contribution in [0.1, 0.15) is 34.0 Å². The number of hydrogen-bond acceptors (Lipinski definition) is 6. The highest BCUT2D eigenvalue weighted by Crippen LogP contribution is 2.24. The Labute approximate surface area is 154 Å². The minimum Gasteiger partial charge on any atom is -0.355 e. The molecule has 1 atom stereocenters. The van der Waals surface area contributed by atoms with Crippen LogP contribution in [0.25, 0.3) is 0 Å². The molecule has 1 N–H and O–H groups in total. The van der Waals surface area contributed by atoms with E-state index in [0.29, 0.717) is 6.04 Å². The SMILES string of the molecule is Cc1nc(C(=O)N(C)C)nc(N2CC[C@@H](NCc3cn(C)cn3)C2)c1C. The predicted molar refractivity (Wildman–Crippen MR) is 100 cm³/mol. The lowest BCUT2D eigenvalue weighted by molar-refractivity contribution is 0.0815. The van der Waals surface area contributed by atoms with Crippen LogP contribution < -0.4 is 10.2 Å². The van der Waals surface area contributed by atoms with Gasteiger partial charge in [0.2, 0.25) is 5.82 Å². The molecule has 8 nitrogen and oxygen atoms in total. The summed E-state index contributed by atoms with van der Waals surface area (Å²) in [4.78, 5) is 29.3. The zero-order valence-corrected chi connectivity index (χ0v) is 16.2. The molecule has 1 saturated heterocycles. The standard InChI is InChI=1S/C18H27N7O/c1-12-13(2)21-16(18(26)23(3)4)22-17(12)25-7-6-14(10-25)19-8-15-9-24(5)11-20-15/h9,11,14,19H,6-8,10H2,1-5H3/t14-/m1/s1. The van der Waals surface area contributed by atoms with Gasteiger partial charge in [0.1, 0.15) is 5.82 Å². The first-order chi connectivity index (χ1) is 12.3. The summed E-state index contributed by atoms with van der Waals surface area (Å²) in [5.41, 5.74) is 2.93. The van der Waals surface area contributed by atoms with Gasteiger partial charge in [0, 0.05) is 64.3 Å². The van der Waals surface area contributed by atoms with Gasteiger partial charge >= 0.3 is 0 Å². The van der Waals surface area contributed by atoms with Gasteiger partial charge in [0.15, 0.2) is 0 Å². The number of imidazole rings is 1. The molecule has 140 valence electrons. The first-order valence-electron chi connectivity index (χ1n) is 8.87. The van der Waals surface area contributed by atoms with E-state index in [2.05, 4.69) is 25.2 Å². The van der Waals surface area contributed by atoms with Crippen molar-refractivity contribution in [3.8, 4) is 0 Å². The van der Waals surface area contributed by atoms with Crippen LogP contribution in [-0.4, -0.2) is 63.6 Å². The van der Waals surface area contributed by atoms with E-state index < -0.39 is 0 Å². The highest BCUT2D eigenvalue weighted by Gasteiger charge is 2.26. The number of anilines is 1. The number of nitrogens with one attached hydrogen (secondary N) is 1. The van der Waals surface area contributed by atoms with Crippen molar-refractivity contribution in [2.75, 3.05) is 32.1 Å². The fourth-order valence-corrected chi connectivity index (χ4v) is 3.14. The Morgan fingerprint density at radius 3 is 2.77 bits per heavy atom. The number of aromatic nitrogens is 4. The van der Waals surface area contributed by atoms with Crippen molar-refractivity contribution in [3.63, 3.8) is 0 Å². The Balaban J connectivity index is 1.70. The van der Waals surface area contributed by atoms with Gasteiger partial charge in [0.25, 0.3) is 5.91 Å². The van der Waals surface area contributed by atoms with E-state index in [0.717, 1.165) is 48.8 Å². The van der Waals surface area contributed by atoms with Crippen molar-refractivity contribution in [2.45, 2.75) is 32.9 Å². The molecule has 2 aromatic heterocycles. The van der Waals surface area contributed by atoms with Gasteiger partial charge in [-0.3, -0.25) is 4.79 Å². The van der Waals surface area contributed by atoms with Gasteiger partial charge in [-0.2, -0.15) is 0 Å². The summed E-state index contributed by atoms with van der Waals surface area (Å²) in [5.74, 6) is 0.959. The maximum Gasteiger partial charge on any atom is 0.291 e. The molecule has 0 radical (unpaired) electrons. The Hall–Kier alpha value is -2.48. The van der Waals surface area contributed by atoms with Gasteiger partial charge in [-0.15, -0.1) is 0 Å². The molecule has 0 unspecified atom stereocenters. The molecular formula is C18H27N7O. The van der Waals surface area contributed by atoms with Crippen molar-refractivity contribution in [3.05, 3.63) is 35.3 Å². The van der Waals surface area contributed by atoms with Crippen LogP contribution in [0, 0.1) is 13.8 Å². The lowest BCUT2D eigenvalue weighted by Crippen LogP contribution is -2.33. The van der Waals surface area contributed by atoms with E-state index in [1.54, 1.807) is 14.1 Å². The van der Waals surface area contributed by atoms with Crippen molar-refractivity contribution in [1.82, 2.24) is 29.7 Å². The predicted octanol–water partition coefficient (Wildman–Crippen LogP) is 0.897. The Kier molecular flexibility index (Phi) is 5.22. The quantitative estimate of drug-likeness (QED) is 0.856. The van der Waals surface area contributed by atoms with Crippen molar-refractivity contribution in [1.29, 1.82) is 0 Å². The van der Waals surface area contributed by atoms with Crippen LogP contribution in [0.3, 0.4) is 0 Å². The van der Waals surface area contributed by atoms with Gasteiger partial charge < -0.3 is 19.7 Å². The van der Waals surface area contributed by atoms with Crippen LogP contribution in [-0.2, 0) is 13.6 Å². The van der Waals surface area contributed by atoms with Crippen LogP contribution in [0.15, 0.2) is 12.5 Å². The normalized spacial score (nSPS) is 17.0. The van der Waals surface area contributed by atoms with Crippen LogP contribution >= 0.6 is 0 Å². The first kappa shape index (κ1) is 18.3. The molecule has 0 bridgehead atoms. The third-order valence-corrected chi connectivity index (χ3v) is 4.78. The maximum absolute atomic E-state index is 12.3. The highest BCUT2D eigenvalue weighted by atomic mass is 16.2. The second kappa shape index (κ2) is 7.41. The largest absolute Gasteiger partial charge is 0.355 e. The minimum atomic E-state index is -0.168. The fourth-order valence-electron chi connectivity index (χ4n) is 3.14. The minimum absolute atomic E-state index is 0.168. The third-order valence-electron chi connectivity index (χ3n) is 4.78. The molecule has 1 aliphatic rings. The van der Waals surface area contributed by atoms with E-state index in [4.69, 9.17) is 0 Å². The molecule has 3 heterocycles. The second-order valence-corrected chi connectivity index (χ2v) is 7.12.